The number of imidazole rings is 1. The molecule has 4 aromatic rings. The van der Waals surface area contributed by atoms with E-state index in [0.29, 0.717) is 41.6 Å². The van der Waals surface area contributed by atoms with Crippen LogP contribution in [0.5, 0.6) is 5.75 Å². The molecule has 2 aliphatic heterocycles. The van der Waals surface area contributed by atoms with Crippen LogP contribution >= 0.6 is 0 Å². The predicted octanol–water partition coefficient (Wildman–Crippen LogP) is 5.32. The molecule has 0 saturated carbocycles. The van der Waals surface area contributed by atoms with E-state index in [1.54, 1.807) is 16.8 Å². The van der Waals surface area contributed by atoms with Crippen molar-refractivity contribution in [3.63, 3.8) is 0 Å². The topological polar surface area (TPSA) is 119 Å². The van der Waals surface area contributed by atoms with E-state index in [0.717, 1.165) is 82.1 Å². The first-order chi connectivity index (χ1) is 25.2. The van der Waals surface area contributed by atoms with E-state index in [1.807, 2.05) is 25.1 Å². The first-order valence-corrected chi connectivity index (χ1v) is 18.5. The molecule has 2 aromatic heterocycles. The minimum Gasteiger partial charge on any atom is -0.494 e. The average molecular weight is 719 g/mol. The van der Waals surface area contributed by atoms with Gasteiger partial charge in [-0.3, -0.25) is 14.1 Å². The van der Waals surface area contributed by atoms with E-state index >= 15 is 0 Å². The molecule has 6 rings (SSSR count). The third-order valence-corrected chi connectivity index (χ3v) is 10.8. The quantitative estimate of drug-likeness (QED) is 0.122. The van der Waals surface area contributed by atoms with Crippen molar-refractivity contribution in [2.45, 2.75) is 52.2 Å². The number of halogens is 2. The van der Waals surface area contributed by atoms with Crippen LogP contribution in [0, 0.1) is 29.4 Å². The second-order valence-electron chi connectivity index (χ2n) is 14.3. The number of carbonyl (C=O) groups excluding carboxylic acids is 1. The van der Waals surface area contributed by atoms with Gasteiger partial charge in [0, 0.05) is 68.5 Å². The predicted molar refractivity (Wildman–Crippen MR) is 199 cm³/mol. The van der Waals surface area contributed by atoms with Crippen LogP contribution in [0.15, 0.2) is 48.9 Å². The number of fused-ring (bicyclic) bond motifs is 1. The summed E-state index contributed by atoms with van der Waals surface area (Å²) >= 11 is 0. The Hall–Kier alpha value is -4.17. The molecule has 1 amide bonds. The number of methoxy groups -OCH3 is 1. The van der Waals surface area contributed by atoms with Crippen molar-refractivity contribution in [3.05, 3.63) is 71.7 Å². The number of nitrogens with one attached hydrogen (secondary N) is 3. The summed E-state index contributed by atoms with van der Waals surface area (Å²) in [6.45, 7) is 10.8. The number of amides is 1. The van der Waals surface area contributed by atoms with Crippen LogP contribution in [0.4, 0.5) is 20.3 Å². The van der Waals surface area contributed by atoms with Crippen molar-refractivity contribution < 1.29 is 23.4 Å². The van der Waals surface area contributed by atoms with Crippen LogP contribution in [0.2, 0.25) is 0 Å². The zero-order chi connectivity index (χ0) is 36.8. The molecule has 2 aromatic carbocycles. The molecule has 2 aliphatic rings. The molecule has 0 spiro atoms. The molecule has 13 heteroatoms. The van der Waals surface area contributed by atoms with Crippen LogP contribution in [-0.2, 0) is 6.42 Å². The van der Waals surface area contributed by atoms with E-state index in [2.05, 4.69) is 49.7 Å². The van der Waals surface area contributed by atoms with Gasteiger partial charge in [-0.1, -0.05) is 13.8 Å². The van der Waals surface area contributed by atoms with Crippen molar-refractivity contribution in [2.75, 3.05) is 65.3 Å². The Bertz CT molecular complexity index is 1820. The summed E-state index contributed by atoms with van der Waals surface area (Å²) in [6, 6.07) is 8.40. The van der Waals surface area contributed by atoms with Gasteiger partial charge in [0.15, 0.2) is 23.0 Å². The van der Waals surface area contributed by atoms with Crippen molar-refractivity contribution in [2.24, 2.45) is 17.8 Å². The Morgan fingerprint density at radius 2 is 1.90 bits per heavy atom. The van der Waals surface area contributed by atoms with Crippen molar-refractivity contribution in [3.8, 4) is 17.0 Å². The fourth-order valence-electron chi connectivity index (χ4n) is 7.43. The van der Waals surface area contributed by atoms with Crippen LogP contribution in [-0.4, -0.2) is 101 Å². The van der Waals surface area contributed by atoms with Crippen LogP contribution in [0.25, 0.3) is 16.9 Å². The highest BCUT2D eigenvalue weighted by Gasteiger charge is 2.29. The lowest BCUT2D eigenvalue weighted by molar-refractivity contribution is -0.0602. The molecule has 2 saturated heterocycles. The number of anilines is 2. The molecular formula is C39H52F2N8O3. The maximum absolute atomic E-state index is 14.9. The molecular weight excluding hydrogens is 666 g/mol. The maximum Gasteiger partial charge on any atom is 0.251 e. The second-order valence-corrected chi connectivity index (χ2v) is 14.3. The summed E-state index contributed by atoms with van der Waals surface area (Å²) in [5.74, 6) is -0.585. The molecule has 2 fully saturated rings. The summed E-state index contributed by atoms with van der Waals surface area (Å²) in [6.07, 6.45) is 8.69. The normalized spacial score (nSPS) is 16.9. The number of benzene rings is 2. The van der Waals surface area contributed by atoms with Gasteiger partial charge in [0.1, 0.15) is 6.23 Å². The smallest absolute Gasteiger partial charge is 0.251 e. The number of aliphatic hydroxyl groups is 1. The lowest BCUT2D eigenvalue weighted by atomic mass is 9.93. The Morgan fingerprint density at radius 1 is 1.12 bits per heavy atom. The van der Waals surface area contributed by atoms with Gasteiger partial charge in [0.2, 0.25) is 5.82 Å². The second kappa shape index (κ2) is 17.1. The van der Waals surface area contributed by atoms with Gasteiger partial charge in [-0.25, -0.2) is 14.4 Å². The highest BCUT2D eigenvalue weighted by Crippen LogP contribution is 2.32. The summed E-state index contributed by atoms with van der Waals surface area (Å²) in [7, 11) is 3.47. The van der Waals surface area contributed by atoms with E-state index < -0.39 is 17.9 Å². The van der Waals surface area contributed by atoms with Crippen molar-refractivity contribution in [1.82, 2.24) is 34.8 Å². The number of hydrogen-bond acceptors (Lipinski definition) is 9. The zero-order valence-electron chi connectivity index (χ0n) is 30.7. The van der Waals surface area contributed by atoms with E-state index in [9.17, 15) is 18.7 Å². The number of nitrogens with zero attached hydrogens (tertiary/aromatic N) is 5. The summed E-state index contributed by atoms with van der Waals surface area (Å²) < 4.78 is 36.0. The van der Waals surface area contributed by atoms with Gasteiger partial charge in [-0.2, -0.15) is 4.39 Å². The largest absolute Gasteiger partial charge is 0.494 e. The van der Waals surface area contributed by atoms with E-state index in [4.69, 9.17) is 4.74 Å². The van der Waals surface area contributed by atoms with Gasteiger partial charge in [-0.05, 0) is 99.3 Å². The first kappa shape index (κ1) is 37.6. The molecule has 4 N–H and O–H groups in total. The lowest BCUT2D eigenvalue weighted by Crippen LogP contribution is -2.48. The number of likely N-dealkylation sites (tertiary alicyclic amines) is 1. The molecule has 0 bridgehead atoms. The number of piperidine rings is 1. The molecule has 2 atom stereocenters. The first-order valence-electron chi connectivity index (χ1n) is 18.5. The van der Waals surface area contributed by atoms with Gasteiger partial charge in [-0.15, -0.1) is 0 Å². The highest BCUT2D eigenvalue weighted by molar-refractivity contribution is 5.96. The van der Waals surface area contributed by atoms with E-state index in [-0.39, 0.29) is 23.1 Å². The fourth-order valence-corrected chi connectivity index (χ4v) is 7.43. The number of ether oxygens (including phenoxy) is 1. The van der Waals surface area contributed by atoms with Gasteiger partial charge in [0.05, 0.1) is 19.0 Å². The Morgan fingerprint density at radius 3 is 2.60 bits per heavy atom. The number of carbonyl (C=O) groups is 1. The summed E-state index contributed by atoms with van der Waals surface area (Å²) in [4.78, 5) is 26.9. The van der Waals surface area contributed by atoms with Gasteiger partial charge in [0.25, 0.3) is 5.91 Å². The number of rotatable bonds is 16. The number of aliphatic hydroxyl groups excluding tert-OH is 1. The van der Waals surface area contributed by atoms with Crippen LogP contribution < -0.4 is 20.7 Å². The molecule has 2 unspecified atom stereocenters. The third kappa shape index (κ3) is 8.38. The summed E-state index contributed by atoms with van der Waals surface area (Å²) in [5.41, 5.74) is 3.07. The zero-order valence-corrected chi connectivity index (χ0v) is 30.7. The van der Waals surface area contributed by atoms with Crippen molar-refractivity contribution >= 4 is 23.1 Å². The molecule has 52 heavy (non-hydrogen) atoms. The highest BCUT2D eigenvalue weighted by atomic mass is 19.2. The molecule has 11 nitrogen and oxygen atoms in total. The fraction of sp³-hybridized carbons (Fsp3) is 0.513. The number of aromatic nitrogens is 3. The minimum absolute atomic E-state index is 0.0476. The molecule has 0 radical (unpaired) electrons. The lowest BCUT2D eigenvalue weighted by Gasteiger charge is -2.39. The monoisotopic (exact) mass is 718 g/mol. The average Bonchev–Trinajstić information content (AvgIpc) is 3.58. The Balaban J connectivity index is 1.02. The number of aryl methyl sites for hydroxylation is 1. The van der Waals surface area contributed by atoms with Gasteiger partial charge < -0.3 is 30.7 Å². The minimum atomic E-state index is -1.06. The SMILES string of the molecule is CCc1cc(Nc2nccn3c(-c4ccc(OC)c(F)c4F)cnc23)ccc1C(=O)NCC1CCN(C(O)C(CC)CCN(C)CC2CNC2)CC1. The molecule has 0 aliphatic carbocycles. The molecule has 4 heterocycles. The number of hydrogen-bond donors (Lipinski definition) is 4. The van der Waals surface area contributed by atoms with Crippen LogP contribution in [0.1, 0.15) is 55.5 Å². The Labute approximate surface area is 304 Å². The van der Waals surface area contributed by atoms with Gasteiger partial charge >= 0.3 is 0 Å². The Kier molecular flexibility index (Phi) is 12.4. The maximum atomic E-state index is 14.9. The molecule has 280 valence electrons. The van der Waals surface area contributed by atoms with Crippen LogP contribution in [0.3, 0.4) is 0 Å². The van der Waals surface area contributed by atoms with Crippen molar-refractivity contribution in [1.29, 1.82) is 0 Å². The third-order valence-electron chi connectivity index (χ3n) is 10.8. The standard InChI is InChI=1S/C39H52F2N8O3/c1-5-27(13-15-47(3)24-26-20-42-21-26)39(51)48-16-11-25(12-17-48)22-45-38(50)30-8-7-29(19-28(30)6-2)46-36-37-44-23-32(49(37)18-14-43-36)31-9-10-33(52-4)35(41)34(31)40/h7-10,14,18-19,23,25-27,39,42,51H,5-6,11-13,15-17,20-22,24H2,1-4H3,(H,43,46)(H,45,50). The summed E-state index contributed by atoms with van der Waals surface area (Å²) in [5, 5.41) is 21.0. The van der Waals surface area contributed by atoms with E-state index in [1.165, 1.54) is 25.4 Å².